The molecule has 0 spiro atoms. The molecule has 0 saturated carbocycles. The van der Waals surface area contributed by atoms with Gasteiger partial charge in [-0.05, 0) is 12.8 Å². The first kappa shape index (κ1) is 11.0. The Hall–Kier alpha value is -1.10. The summed E-state index contributed by atoms with van der Waals surface area (Å²) in [7, 11) is 0. The minimum absolute atomic E-state index is 0.177. The summed E-state index contributed by atoms with van der Waals surface area (Å²) in [4.78, 5) is 22.1. The van der Waals surface area contributed by atoms with Crippen molar-refractivity contribution < 1.29 is 19.4 Å². The van der Waals surface area contributed by atoms with Crippen LogP contribution in [0.1, 0.15) is 19.8 Å². The van der Waals surface area contributed by atoms with Gasteiger partial charge < -0.3 is 15.2 Å². The van der Waals surface area contributed by atoms with Crippen LogP contribution in [0.2, 0.25) is 0 Å². The molecule has 1 fully saturated rings. The maximum absolute atomic E-state index is 11.5. The van der Waals surface area contributed by atoms with E-state index in [0.717, 1.165) is 0 Å². The Labute approximate surface area is 82.4 Å². The molecule has 80 valence electrons. The van der Waals surface area contributed by atoms with Crippen LogP contribution >= 0.6 is 0 Å². The smallest absolute Gasteiger partial charge is 0.326 e. The van der Waals surface area contributed by atoms with Crippen molar-refractivity contribution in [1.29, 1.82) is 0 Å². The molecule has 0 aliphatic carbocycles. The Bertz CT molecular complexity index is 223. The standard InChI is InChI=1S/C9H15NO4/c1-2-7(9(12)13)10-8(11)6-3-4-14-5-6/h6-7H,2-5H2,1H3,(H,10,11)(H,12,13)/t6?,7-/m0/s1. The number of carboxylic acid groups (broad SMARTS) is 1. The van der Waals surface area contributed by atoms with Crippen molar-refractivity contribution in [1.82, 2.24) is 5.32 Å². The lowest BCUT2D eigenvalue weighted by Gasteiger charge is -2.14. The van der Waals surface area contributed by atoms with E-state index in [0.29, 0.717) is 26.1 Å². The third-order valence-electron chi connectivity index (χ3n) is 2.32. The van der Waals surface area contributed by atoms with Gasteiger partial charge in [0.25, 0.3) is 0 Å². The fourth-order valence-corrected chi connectivity index (χ4v) is 1.37. The van der Waals surface area contributed by atoms with Gasteiger partial charge in [-0.25, -0.2) is 4.79 Å². The minimum Gasteiger partial charge on any atom is -0.480 e. The third kappa shape index (κ3) is 2.70. The maximum atomic E-state index is 11.5. The zero-order valence-corrected chi connectivity index (χ0v) is 8.16. The number of carbonyl (C=O) groups excluding carboxylic acids is 1. The Morgan fingerprint density at radius 2 is 2.36 bits per heavy atom. The number of rotatable bonds is 4. The molecule has 5 heteroatoms. The van der Waals surface area contributed by atoms with Crippen LogP contribution < -0.4 is 5.32 Å². The van der Waals surface area contributed by atoms with E-state index in [-0.39, 0.29) is 11.8 Å². The summed E-state index contributed by atoms with van der Waals surface area (Å²) in [6.45, 7) is 2.72. The van der Waals surface area contributed by atoms with Gasteiger partial charge in [0.2, 0.25) is 5.91 Å². The van der Waals surface area contributed by atoms with Crippen LogP contribution in [0.4, 0.5) is 0 Å². The second-order valence-corrected chi connectivity index (χ2v) is 3.37. The molecule has 1 amide bonds. The summed E-state index contributed by atoms with van der Waals surface area (Å²) >= 11 is 0. The second kappa shape index (κ2) is 4.95. The number of carbonyl (C=O) groups is 2. The van der Waals surface area contributed by atoms with Crippen LogP contribution in [0.3, 0.4) is 0 Å². The monoisotopic (exact) mass is 201 g/mol. The van der Waals surface area contributed by atoms with Gasteiger partial charge >= 0.3 is 5.97 Å². The molecule has 0 aromatic carbocycles. The lowest BCUT2D eigenvalue weighted by Crippen LogP contribution is -2.43. The van der Waals surface area contributed by atoms with Crippen molar-refractivity contribution in [3.63, 3.8) is 0 Å². The minimum atomic E-state index is -0.986. The van der Waals surface area contributed by atoms with Gasteiger partial charge in [-0.1, -0.05) is 6.92 Å². The highest BCUT2D eigenvalue weighted by molar-refractivity contribution is 5.85. The molecule has 2 N–H and O–H groups in total. The SMILES string of the molecule is CC[C@H](NC(=O)C1CCOC1)C(=O)O. The van der Waals surface area contributed by atoms with Crippen molar-refractivity contribution in [3.05, 3.63) is 0 Å². The molecule has 1 saturated heterocycles. The molecule has 0 aromatic rings. The van der Waals surface area contributed by atoms with Gasteiger partial charge in [-0.2, -0.15) is 0 Å². The molecule has 5 nitrogen and oxygen atoms in total. The highest BCUT2D eigenvalue weighted by Gasteiger charge is 2.26. The first-order chi connectivity index (χ1) is 6.65. The highest BCUT2D eigenvalue weighted by Crippen LogP contribution is 2.12. The van der Waals surface area contributed by atoms with E-state index in [4.69, 9.17) is 9.84 Å². The third-order valence-corrected chi connectivity index (χ3v) is 2.32. The van der Waals surface area contributed by atoms with Crippen molar-refractivity contribution >= 4 is 11.9 Å². The zero-order chi connectivity index (χ0) is 10.6. The van der Waals surface area contributed by atoms with Crippen LogP contribution in [0, 0.1) is 5.92 Å². The van der Waals surface area contributed by atoms with Gasteiger partial charge in [0.05, 0.1) is 12.5 Å². The number of nitrogens with one attached hydrogen (secondary N) is 1. The van der Waals surface area contributed by atoms with E-state index >= 15 is 0 Å². The predicted molar refractivity (Wildman–Crippen MR) is 48.8 cm³/mol. The lowest BCUT2D eigenvalue weighted by molar-refractivity contribution is -0.142. The summed E-state index contributed by atoms with van der Waals surface area (Å²) in [6, 6.07) is -0.775. The molecule has 1 rings (SSSR count). The Balaban J connectivity index is 2.41. The van der Waals surface area contributed by atoms with Crippen LogP contribution in [0.15, 0.2) is 0 Å². The summed E-state index contributed by atoms with van der Waals surface area (Å²) < 4.78 is 5.05. The topological polar surface area (TPSA) is 75.6 Å². The van der Waals surface area contributed by atoms with Crippen LogP contribution in [-0.2, 0) is 14.3 Å². The van der Waals surface area contributed by atoms with Crippen molar-refractivity contribution in [2.45, 2.75) is 25.8 Å². The van der Waals surface area contributed by atoms with Crippen molar-refractivity contribution in [2.24, 2.45) is 5.92 Å². The number of carboxylic acids is 1. The van der Waals surface area contributed by atoms with Crippen LogP contribution in [0.5, 0.6) is 0 Å². The average molecular weight is 201 g/mol. The molecule has 1 unspecified atom stereocenters. The van der Waals surface area contributed by atoms with Gasteiger partial charge in [0.15, 0.2) is 0 Å². The largest absolute Gasteiger partial charge is 0.480 e. The second-order valence-electron chi connectivity index (χ2n) is 3.37. The molecule has 1 aliphatic heterocycles. The summed E-state index contributed by atoms with van der Waals surface area (Å²) in [6.07, 6.45) is 1.08. The van der Waals surface area contributed by atoms with Crippen LogP contribution in [-0.4, -0.2) is 36.2 Å². The molecular weight excluding hydrogens is 186 g/mol. The van der Waals surface area contributed by atoms with Gasteiger partial charge in [0.1, 0.15) is 6.04 Å². The van der Waals surface area contributed by atoms with Crippen molar-refractivity contribution in [2.75, 3.05) is 13.2 Å². The number of ether oxygens (including phenoxy) is 1. The molecule has 0 aromatic heterocycles. The predicted octanol–water partition coefficient (Wildman–Crippen LogP) is 0.00230. The van der Waals surface area contributed by atoms with E-state index in [9.17, 15) is 9.59 Å². The molecule has 1 heterocycles. The van der Waals surface area contributed by atoms with E-state index in [1.165, 1.54) is 0 Å². The molecule has 2 atom stereocenters. The van der Waals surface area contributed by atoms with E-state index in [2.05, 4.69) is 5.32 Å². The fraction of sp³-hybridized carbons (Fsp3) is 0.778. The Morgan fingerprint density at radius 1 is 1.64 bits per heavy atom. The van der Waals surface area contributed by atoms with Crippen LogP contribution in [0.25, 0.3) is 0 Å². The van der Waals surface area contributed by atoms with E-state index in [1.54, 1.807) is 6.92 Å². The number of amides is 1. The van der Waals surface area contributed by atoms with Gasteiger partial charge in [-0.15, -0.1) is 0 Å². The van der Waals surface area contributed by atoms with E-state index < -0.39 is 12.0 Å². The number of aliphatic carboxylic acids is 1. The molecule has 14 heavy (non-hydrogen) atoms. The quantitative estimate of drug-likeness (QED) is 0.671. The fourth-order valence-electron chi connectivity index (χ4n) is 1.37. The van der Waals surface area contributed by atoms with Gasteiger partial charge in [-0.3, -0.25) is 4.79 Å². The number of hydrogen-bond donors (Lipinski definition) is 2. The Morgan fingerprint density at radius 3 is 2.79 bits per heavy atom. The average Bonchev–Trinajstić information content (AvgIpc) is 2.65. The summed E-state index contributed by atoms with van der Waals surface area (Å²) in [5.41, 5.74) is 0. The molecular formula is C9H15NO4. The van der Waals surface area contributed by atoms with Gasteiger partial charge in [0, 0.05) is 6.61 Å². The van der Waals surface area contributed by atoms with E-state index in [1.807, 2.05) is 0 Å². The molecule has 0 radical (unpaired) electrons. The highest BCUT2D eigenvalue weighted by atomic mass is 16.5. The Kier molecular flexibility index (Phi) is 3.88. The maximum Gasteiger partial charge on any atom is 0.326 e. The summed E-state index contributed by atoms with van der Waals surface area (Å²) in [5.74, 6) is -1.38. The normalized spacial score (nSPS) is 23.1. The number of hydrogen-bond acceptors (Lipinski definition) is 3. The lowest BCUT2D eigenvalue weighted by atomic mass is 10.1. The first-order valence-corrected chi connectivity index (χ1v) is 4.76. The first-order valence-electron chi connectivity index (χ1n) is 4.76. The molecule has 1 aliphatic rings. The summed E-state index contributed by atoms with van der Waals surface area (Å²) in [5, 5.41) is 11.2. The molecule has 0 bridgehead atoms. The van der Waals surface area contributed by atoms with Crippen molar-refractivity contribution in [3.8, 4) is 0 Å². The zero-order valence-electron chi connectivity index (χ0n) is 8.16.